The zero-order valence-electron chi connectivity index (χ0n) is 16.3. The van der Waals surface area contributed by atoms with E-state index in [2.05, 4.69) is 5.32 Å². The predicted octanol–water partition coefficient (Wildman–Crippen LogP) is 2.17. The first-order valence-corrected chi connectivity index (χ1v) is 10.7. The number of piperazine rings is 1. The Kier molecular flexibility index (Phi) is 6.51. The topological polar surface area (TPSA) is 79.0 Å². The molecular weight excluding hydrogens is 397 g/mol. The van der Waals surface area contributed by atoms with E-state index < -0.39 is 21.9 Å². The van der Waals surface area contributed by atoms with Crippen molar-refractivity contribution in [3.63, 3.8) is 0 Å². The molecular formula is C20H24FN3O4S. The summed E-state index contributed by atoms with van der Waals surface area (Å²) >= 11 is 0. The minimum Gasteiger partial charge on any atom is -0.497 e. The largest absolute Gasteiger partial charge is 0.497 e. The van der Waals surface area contributed by atoms with Crippen LogP contribution in [0.2, 0.25) is 0 Å². The smallest absolute Gasteiger partial charge is 0.246 e. The average molecular weight is 421 g/mol. The number of halogens is 1. The molecule has 0 saturated carbocycles. The molecule has 3 rings (SSSR count). The van der Waals surface area contributed by atoms with E-state index in [4.69, 9.17) is 4.74 Å². The third-order valence-corrected chi connectivity index (χ3v) is 6.94. The van der Waals surface area contributed by atoms with Gasteiger partial charge in [0, 0.05) is 31.9 Å². The molecule has 0 spiro atoms. The van der Waals surface area contributed by atoms with E-state index in [1.807, 2.05) is 4.90 Å². The van der Waals surface area contributed by atoms with Crippen LogP contribution >= 0.6 is 0 Å². The van der Waals surface area contributed by atoms with Gasteiger partial charge in [0.1, 0.15) is 16.5 Å². The number of rotatable bonds is 6. The molecule has 156 valence electrons. The Balaban J connectivity index is 1.59. The van der Waals surface area contributed by atoms with Crippen LogP contribution in [0.4, 0.5) is 10.1 Å². The van der Waals surface area contributed by atoms with Gasteiger partial charge >= 0.3 is 0 Å². The van der Waals surface area contributed by atoms with E-state index in [-0.39, 0.29) is 23.9 Å². The number of methoxy groups -OCH3 is 1. The van der Waals surface area contributed by atoms with Crippen LogP contribution in [0.5, 0.6) is 5.75 Å². The molecule has 7 nitrogen and oxygen atoms in total. The average Bonchev–Trinajstić information content (AvgIpc) is 2.74. The molecule has 1 amide bonds. The van der Waals surface area contributed by atoms with Gasteiger partial charge in [-0.15, -0.1) is 0 Å². The van der Waals surface area contributed by atoms with Crippen molar-refractivity contribution in [2.24, 2.45) is 0 Å². The van der Waals surface area contributed by atoms with E-state index in [0.29, 0.717) is 24.5 Å². The van der Waals surface area contributed by atoms with Crippen LogP contribution in [0.1, 0.15) is 6.92 Å². The van der Waals surface area contributed by atoms with Crippen molar-refractivity contribution in [3.8, 4) is 5.75 Å². The summed E-state index contributed by atoms with van der Waals surface area (Å²) in [7, 11) is -2.33. The highest BCUT2D eigenvalue weighted by Crippen LogP contribution is 2.21. The second-order valence-corrected chi connectivity index (χ2v) is 8.67. The number of hydrogen-bond acceptors (Lipinski definition) is 5. The highest BCUT2D eigenvalue weighted by molar-refractivity contribution is 7.89. The zero-order chi connectivity index (χ0) is 21.0. The van der Waals surface area contributed by atoms with Crippen molar-refractivity contribution in [3.05, 3.63) is 54.3 Å². The second kappa shape index (κ2) is 8.89. The fourth-order valence-corrected chi connectivity index (χ4v) is 4.70. The van der Waals surface area contributed by atoms with E-state index >= 15 is 0 Å². The van der Waals surface area contributed by atoms with Gasteiger partial charge in [-0.25, -0.2) is 12.8 Å². The van der Waals surface area contributed by atoms with Crippen molar-refractivity contribution < 1.29 is 22.3 Å². The van der Waals surface area contributed by atoms with Crippen LogP contribution in [-0.2, 0) is 14.8 Å². The number of carbonyl (C=O) groups excluding carboxylic acids is 1. The second-order valence-electron chi connectivity index (χ2n) is 6.76. The van der Waals surface area contributed by atoms with E-state index in [1.165, 1.54) is 22.5 Å². The van der Waals surface area contributed by atoms with Gasteiger partial charge in [-0.2, -0.15) is 4.31 Å². The Bertz CT molecular complexity index is 958. The monoisotopic (exact) mass is 421 g/mol. The van der Waals surface area contributed by atoms with E-state index in [9.17, 15) is 17.6 Å². The highest BCUT2D eigenvalue weighted by Gasteiger charge is 2.33. The Labute approximate surface area is 170 Å². The van der Waals surface area contributed by atoms with Crippen LogP contribution in [-0.4, -0.2) is 62.9 Å². The molecule has 1 aliphatic heterocycles. The van der Waals surface area contributed by atoms with Crippen molar-refractivity contribution >= 4 is 21.6 Å². The first-order valence-electron chi connectivity index (χ1n) is 9.26. The number of hydrogen-bond donors (Lipinski definition) is 1. The van der Waals surface area contributed by atoms with Crippen LogP contribution in [0, 0.1) is 5.82 Å². The third kappa shape index (κ3) is 4.75. The van der Waals surface area contributed by atoms with Crippen molar-refractivity contribution in [1.82, 2.24) is 9.21 Å². The number of carbonyl (C=O) groups is 1. The summed E-state index contributed by atoms with van der Waals surface area (Å²) < 4.78 is 45.7. The van der Waals surface area contributed by atoms with Crippen molar-refractivity contribution in [2.45, 2.75) is 17.9 Å². The number of sulfonamides is 1. The molecule has 0 aromatic heterocycles. The molecule has 1 N–H and O–H groups in total. The van der Waals surface area contributed by atoms with Crippen LogP contribution in [0.15, 0.2) is 53.4 Å². The van der Waals surface area contributed by atoms with Gasteiger partial charge in [-0.3, -0.25) is 9.69 Å². The van der Waals surface area contributed by atoms with Gasteiger partial charge in [-0.05, 0) is 43.3 Å². The van der Waals surface area contributed by atoms with Crippen LogP contribution in [0.25, 0.3) is 0 Å². The minimum atomic E-state index is -3.90. The molecule has 1 unspecified atom stereocenters. The molecule has 9 heteroatoms. The SMILES string of the molecule is COc1ccc(NC(=O)C(C)N2CCN(S(=O)(=O)c3ccccc3F)CC2)cc1. The molecule has 29 heavy (non-hydrogen) atoms. The molecule has 1 aliphatic rings. The lowest BCUT2D eigenvalue weighted by Gasteiger charge is -2.36. The number of benzene rings is 2. The first-order chi connectivity index (χ1) is 13.8. The highest BCUT2D eigenvalue weighted by atomic mass is 32.2. The molecule has 2 aromatic rings. The molecule has 1 saturated heterocycles. The lowest BCUT2D eigenvalue weighted by molar-refractivity contribution is -0.121. The lowest BCUT2D eigenvalue weighted by Crippen LogP contribution is -2.54. The Hall–Kier alpha value is -2.49. The van der Waals surface area contributed by atoms with Gasteiger partial charge < -0.3 is 10.1 Å². The normalized spacial score (nSPS) is 16.9. The summed E-state index contributed by atoms with van der Waals surface area (Å²) in [4.78, 5) is 14.1. The molecule has 1 atom stereocenters. The quantitative estimate of drug-likeness (QED) is 0.773. The molecule has 0 radical (unpaired) electrons. The zero-order valence-corrected chi connectivity index (χ0v) is 17.2. The minimum absolute atomic E-state index is 0.180. The summed E-state index contributed by atoms with van der Waals surface area (Å²) in [6, 6.07) is 11.9. The van der Waals surface area contributed by atoms with Gasteiger partial charge in [-0.1, -0.05) is 12.1 Å². The van der Waals surface area contributed by atoms with E-state index in [0.717, 1.165) is 6.07 Å². The van der Waals surface area contributed by atoms with Crippen LogP contribution < -0.4 is 10.1 Å². The summed E-state index contributed by atoms with van der Waals surface area (Å²) in [5, 5.41) is 2.85. The Morgan fingerprint density at radius 2 is 1.69 bits per heavy atom. The fraction of sp³-hybridized carbons (Fsp3) is 0.350. The maximum absolute atomic E-state index is 13.9. The summed E-state index contributed by atoms with van der Waals surface area (Å²) in [5.74, 6) is -0.244. The van der Waals surface area contributed by atoms with Gasteiger partial charge in [0.15, 0.2) is 0 Å². The molecule has 2 aromatic carbocycles. The van der Waals surface area contributed by atoms with Gasteiger partial charge in [0.05, 0.1) is 13.2 Å². The van der Waals surface area contributed by atoms with Gasteiger partial charge in [0.25, 0.3) is 0 Å². The third-order valence-electron chi connectivity index (χ3n) is 5.01. The Morgan fingerprint density at radius 1 is 1.07 bits per heavy atom. The molecule has 1 fully saturated rings. The van der Waals surface area contributed by atoms with Crippen LogP contribution in [0.3, 0.4) is 0 Å². The molecule has 0 bridgehead atoms. The predicted molar refractivity (Wildman–Crippen MR) is 108 cm³/mol. The van der Waals surface area contributed by atoms with Gasteiger partial charge in [0.2, 0.25) is 15.9 Å². The number of amides is 1. The number of nitrogens with zero attached hydrogens (tertiary/aromatic N) is 2. The summed E-state index contributed by atoms with van der Waals surface area (Å²) in [5.41, 5.74) is 0.656. The number of ether oxygens (including phenoxy) is 1. The first kappa shape index (κ1) is 21.2. The maximum Gasteiger partial charge on any atom is 0.246 e. The van der Waals surface area contributed by atoms with E-state index in [1.54, 1.807) is 38.3 Å². The summed E-state index contributed by atoms with van der Waals surface area (Å²) in [6.07, 6.45) is 0. The maximum atomic E-state index is 13.9. The summed E-state index contributed by atoms with van der Waals surface area (Å²) in [6.45, 7) is 2.92. The Morgan fingerprint density at radius 3 is 2.28 bits per heavy atom. The van der Waals surface area contributed by atoms with Crippen molar-refractivity contribution in [1.29, 1.82) is 0 Å². The number of anilines is 1. The standard InChI is InChI=1S/C20H24FN3O4S/c1-15(20(25)22-16-7-9-17(28-2)10-8-16)23-11-13-24(14-12-23)29(26,27)19-6-4-3-5-18(19)21/h3-10,15H,11-14H2,1-2H3,(H,22,25). The number of nitrogens with one attached hydrogen (secondary N) is 1. The fourth-order valence-electron chi connectivity index (χ4n) is 3.21. The molecule has 1 heterocycles. The molecule has 0 aliphatic carbocycles. The lowest BCUT2D eigenvalue weighted by atomic mass is 10.2. The van der Waals surface area contributed by atoms with Crippen molar-refractivity contribution in [2.75, 3.05) is 38.6 Å².